The normalized spacial score (nSPS) is 16.7. The molecule has 0 N–H and O–H groups in total. The zero-order valence-electron chi connectivity index (χ0n) is 16.1. The second-order valence-corrected chi connectivity index (χ2v) is 7.44. The van der Waals surface area contributed by atoms with Gasteiger partial charge in [-0.3, -0.25) is 4.79 Å². The number of tetrazole rings is 1. The largest absolute Gasteiger partial charge is 0.459 e. The number of amides is 1. The summed E-state index contributed by atoms with van der Waals surface area (Å²) >= 11 is 0. The van der Waals surface area contributed by atoms with Gasteiger partial charge in [0.1, 0.15) is 0 Å². The van der Waals surface area contributed by atoms with E-state index in [9.17, 15) is 4.79 Å². The highest BCUT2D eigenvalue weighted by Gasteiger charge is 2.26. The van der Waals surface area contributed by atoms with Crippen LogP contribution in [0.25, 0.3) is 16.6 Å². The van der Waals surface area contributed by atoms with Gasteiger partial charge in [-0.15, -0.1) is 5.10 Å². The van der Waals surface area contributed by atoms with E-state index in [2.05, 4.69) is 27.7 Å². The molecular formula is C21H21N5O3. The van der Waals surface area contributed by atoms with E-state index < -0.39 is 0 Å². The van der Waals surface area contributed by atoms with E-state index in [-0.39, 0.29) is 12.0 Å². The van der Waals surface area contributed by atoms with Crippen LogP contribution in [0.5, 0.6) is 0 Å². The van der Waals surface area contributed by atoms with E-state index in [1.54, 1.807) is 21.5 Å². The van der Waals surface area contributed by atoms with Gasteiger partial charge in [0.25, 0.3) is 5.91 Å². The summed E-state index contributed by atoms with van der Waals surface area (Å²) in [4.78, 5) is 14.9. The van der Waals surface area contributed by atoms with Gasteiger partial charge in [-0.2, -0.15) is 4.52 Å². The van der Waals surface area contributed by atoms with Crippen LogP contribution in [0.4, 0.5) is 0 Å². The lowest BCUT2D eigenvalue weighted by molar-refractivity contribution is 0.0484. The van der Waals surface area contributed by atoms with Crippen molar-refractivity contribution in [3.05, 3.63) is 59.5 Å². The van der Waals surface area contributed by atoms with Crippen molar-refractivity contribution in [3.8, 4) is 0 Å². The Kier molecular flexibility index (Phi) is 4.48. The summed E-state index contributed by atoms with van der Waals surface area (Å²) in [5, 5.41) is 13.2. The highest BCUT2D eigenvalue weighted by atomic mass is 16.5. The van der Waals surface area contributed by atoms with Gasteiger partial charge in [0, 0.05) is 30.6 Å². The van der Waals surface area contributed by atoms with E-state index in [4.69, 9.17) is 9.15 Å². The second-order valence-electron chi connectivity index (χ2n) is 7.44. The van der Waals surface area contributed by atoms with Crippen LogP contribution in [0.3, 0.4) is 0 Å². The highest BCUT2D eigenvalue weighted by molar-refractivity contribution is 5.91. The first-order valence-electron chi connectivity index (χ1n) is 9.74. The number of furan rings is 1. The van der Waals surface area contributed by atoms with Crippen LogP contribution in [0.1, 0.15) is 34.5 Å². The lowest BCUT2D eigenvalue weighted by Gasteiger charge is -2.25. The maximum Gasteiger partial charge on any atom is 0.289 e. The fourth-order valence-electron chi connectivity index (χ4n) is 3.92. The first-order valence-corrected chi connectivity index (χ1v) is 9.74. The topological polar surface area (TPSA) is 85.8 Å². The number of aryl methyl sites for hydroxylation is 1. The molecule has 1 amide bonds. The molecule has 148 valence electrons. The molecule has 8 nitrogen and oxygen atoms in total. The van der Waals surface area contributed by atoms with E-state index in [1.165, 1.54) is 6.26 Å². The number of carbonyl (C=O) groups is 1. The summed E-state index contributed by atoms with van der Waals surface area (Å²) in [7, 11) is 0. The maximum atomic E-state index is 13.1. The minimum atomic E-state index is -0.166. The molecule has 0 aliphatic carbocycles. The molecule has 1 saturated heterocycles. The van der Waals surface area contributed by atoms with Crippen LogP contribution in [0.2, 0.25) is 0 Å². The van der Waals surface area contributed by atoms with Gasteiger partial charge in [-0.1, -0.05) is 11.6 Å². The average molecular weight is 391 g/mol. The van der Waals surface area contributed by atoms with Crippen molar-refractivity contribution < 1.29 is 13.9 Å². The lowest BCUT2D eigenvalue weighted by Crippen LogP contribution is -2.37. The third kappa shape index (κ3) is 3.36. The molecule has 4 heterocycles. The summed E-state index contributed by atoms with van der Waals surface area (Å²) in [6.07, 6.45) is 3.50. The molecule has 5 rings (SSSR count). The number of hydrogen-bond acceptors (Lipinski definition) is 6. The summed E-state index contributed by atoms with van der Waals surface area (Å²) in [6, 6.07) is 11.6. The molecule has 1 fully saturated rings. The number of pyridine rings is 1. The average Bonchev–Trinajstić information content (AvgIpc) is 3.48. The van der Waals surface area contributed by atoms with Crippen molar-refractivity contribution in [1.82, 2.24) is 24.9 Å². The molecule has 29 heavy (non-hydrogen) atoms. The zero-order valence-corrected chi connectivity index (χ0v) is 16.1. The van der Waals surface area contributed by atoms with Crippen LogP contribution in [-0.2, 0) is 11.3 Å². The van der Waals surface area contributed by atoms with E-state index in [1.807, 2.05) is 19.1 Å². The van der Waals surface area contributed by atoms with Gasteiger partial charge >= 0.3 is 0 Å². The van der Waals surface area contributed by atoms with Crippen molar-refractivity contribution in [3.63, 3.8) is 0 Å². The minimum Gasteiger partial charge on any atom is -0.459 e. The first-order chi connectivity index (χ1) is 14.2. The van der Waals surface area contributed by atoms with Gasteiger partial charge < -0.3 is 14.1 Å². The Labute approximate surface area is 167 Å². The summed E-state index contributed by atoms with van der Waals surface area (Å²) in [6.45, 7) is 3.65. The van der Waals surface area contributed by atoms with Crippen molar-refractivity contribution in [2.75, 3.05) is 13.2 Å². The molecule has 1 atom stereocenters. The molecule has 1 aromatic carbocycles. The van der Waals surface area contributed by atoms with Crippen molar-refractivity contribution in [2.45, 2.75) is 32.4 Å². The third-order valence-corrected chi connectivity index (χ3v) is 5.33. The number of hydrogen-bond donors (Lipinski definition) is 0. The lowest BCUT2D eigenvalue weighted by atomic mass is 10.1. The summed E-state index contributed by atoms with van der Waals surface area (Å²) in [5.74, 6) is 0.149. The number of rotatable bonds is 5. The summed E-state index contributed by atoms with van der Waals surface area (Å²) in [5.41, 5.74) is 3.61. The van der Waals surface area contributed by atoms with Crippen LogP contribution in [0, 0.1) is 6.92 Å². The Balaban J connectivity index is 1.55. The van der Waals surface area contributed by atoms with Crippen molar-refractivity contribution in [1.29, 1.82) is 0 Å². The first kappa shape index (κ1) is 17.8. The fraction of sp³-hybridized carbons (Fsp3) is 0.333. The molecule has 8 heteroatoms. The molecule has 1 aliphatic rings. The standard InChI is InChI=1S/C21H21N5O3/c1-14-6-7-18-15(10-14)11-16(20-22-23-24-26(18)20)12-25(13-17-4-2-8-28-17)21(27)19-5-3-9-29-19/h3,5-7,9-11,17H,2,4,8,12-13H2,1H3/t17-/m0/s1. The molecule has 0 unspecified atom stereocenters. The van der Waals surface area contributed by atoms with Crippen LogP contribution >= 0.6 is 0 Å². The molecule has 4 aromatic rings. The summed E-state index contributed by atoms with van der Waals surface area (Å²) < 4.78 is 12.9. The van der Waals surface area contributed by atoms with Gasteiger partial charge in [0.05, 0.1) is 17.9 Å². The molecule has 0 saturated carbocycles. The molecule has 3 aromatic heterocycles. The van der Waals surface area contributed by atoms with Gasteiger partial charge in [0.15, 0.2) is 11.4 Å². The minimum absolute atomic E-state index is 0.0311. The Bertz CT molecular complexity index is 1160. The number of carbonyl (C=O) groups excluding carboxylic acids is 1. The smallest absolute Gasteiger partial charge is 0.289 e. The molecular weight excluding hydrogens is 370 g/mol. The van der Waals surface area contributed by atoms with Crippen LogP contribution < -0.4 is 0 Å². The Morgan fingerprint density at radius 1 is 1.31 bits per heavy atom. The van der Waals surface area contributed by atoms with Crippen LogP contribution in [0.15, 0.2) is 47.1 Å². The maximum absolute atomic E-state index is 13.1. The second kappa shape index (κ2) is 7.29. The van der Waals surface area contributed by atoms with Crippen molar-refractivity contribution >= 4 is 22.5 Å². The number of benzene rings is 1. The highest BCUT2D eigenvalue weighted by Crippen LogP contribution is 2.23. The molecule has 0 bridgehead atoms. The van der Waals surface area contributed by atoms with E-state index >= 15 is 0 Å². The molecule has 1 aliphatic heterocycles. The SMILES string of the molecule is Cc1ccc2c(c1)cc(CN(C[C@@H]1CCCO1)C(=O)c1ccco1)c1nnnn12. The molecule has 0 spiro atoms. The Hall–Kier alpha value is -3.26. The van der Waals surface area contributed by atoms with Crippen molar-refractivity contribution in [2.24, 2.45) is 0 Å². The zero-order chi connectivity index (χ0) is 19.8. The van der Waals surface area contributed by atoms with Gasteiger partial charge in [-0.25, -0.2) is 0 Å². The van der Waals surface area contributed by atoms with Gasteiger partial charge in [0.2, 0.25) is 0 Å². The van der Waals surface area contributed by atoms with E-state index in [0.29, 0.717) is 24.5 Å². The Morgan fingerprint density at radius 3 is 3.03 bits per heavy atom. The molecule has 0 radical (unpaired) electrons. The van der Waals surface area contributed by atoms with E-state index in [0.717, 1.165) is 41.5 Å². The Morgan fingerprint density at radius 2 is 2.24 bits per heavy atom. The number of nitrogens with zero attached hydrogens (tertiary/aromatic N) is 5. The number of fused-ring (bicyclic) bond motifs is 3. The predicted molar refractivity (Wildman–Crippen MR) is 105 cm³/mol. The van der Waals surface area contributed by atoms with Crippen LogP contribution in [-0.4, -0.2) is 50.1 Å². The quantitative estimate of drug-likeness (QED) is 0.520. The third-order valence-electron chi connectivity index (χ3n) is 5.33. The number of ether oxygens (including phenoxy) is 1. The fourth-order valence-corrected chi connectivity index (χ4v) is 3.92. The number of aromatic nitrogens is 4. The monoisotopic (exact) mass is 391 g/mol. The predicted octanol–water partition coefficient (Wildman–Crippen LogP) is 3.00. The van der Waals surface area contributed by atoms with Gasteiger partial charge in [-0.05, 0) is 60.5 Å².